The first-order valence-electron chi connectivity index (χ1n) is 10.5. The van der Waals surface area contributed by atoms with E-state index in [1.807, 2.05) is 45.0 Å². The molecular weight excluding hydrogens is 405 g/mol. The van der Waals surface area contributed by atoms with Crippen LogP contribution in [0.4, 0.5) is 4.39 Å². The molecule has 0 saturated heterocycles. The number of amides is 1. The Balaban J connectivity index is 1.75. The molecule has 1 amide bonds. The van der Waals surface area contributed by atoms with E-state index in [-0.39, 0.29) is 28.9 Å². The molecule has 0 spiro atoms. The third kappa shape index (κ3) is 3.12. The van der Waals surface area contributed by atoms with Gasteiger partial charge in [-0.15, -0.1) is 0 Å². The summed E-state index contributed by atoms with van der Waals surface area (Å²) in [5.74, 6) is -0.885. The number of nitrogens with zero attached hydrogens (tertiary/aromatic N) is 1. The van der Waals surface area contributed by atoms with Gasteiger partial charge >= 0.3 is 0 Å². The average Bonchev–Trinajstić information content (AvgIpc) is 3.04. The van der Waals surface area contributed by atoms with Crippen molar-refractivity contribution < 1.29 is 13.6 Å². The molecule has 0 radical (unpaired) electrons. The SMILES string of the molecule is Cc1ccc(CN2C(=O)c3oc4cc(C)c(C)cc4c(=O)c3[C@H]2c2ccccc2F)cc1. The lowest BCUT2D eigenvalue weighted by Gasteiger charge is -2.25. The summed E-state index contributed by atoms with van der Waals surface area (Å²) in [6.07, 6.45) is 0. The molecule has 0 N–H and O–H groups in total. The first-order chi connectivity index (χ1) is 15.3. The van der Waals surface area contributed by atoms with Gasteiger partial charge in [-0.3, -0.25) is 9.59 Å². The Morgan fingerprint density at radius 2 is 1.62 bits per heavy atom. The van der Waals surface area contributed by atoms with E-state index in [2.05, 4.69) is 0 Å². The molecule has 5 rings (SSSR count). The van der Waals surface area contributed by atoms with Crippen LogP contribution in [0.15, 0.2) is 69.9 Å². The van der Waals surface area contributed by atoms with Gasteiger partial charge in [0, 0.05) is 12.1 Å². The molecule has 0 aliphatic carbocycles. The fourth-order valence-electron chi connectivity index (χ4n) is 4.35. The number of hydrogen-bond acceptors (Lipinski definition) is 3. The summed E-state index contributed by atoms with van der Waals surface area (Å²) >= 11 is 0. The van der Waals surface area contributed by atoms with Crippen molar-refractivity contribution in [3.05, 3.63) is 116 Å². The molecule has 5 heteroatoms. The van der Waals surface area contributed by atoms with Crippen molar-refractivity contribution in [3.8, 4) is 0 Å². The fraction of sp³-hybridized carbons (Fsp3) is 0.185. The van der Waals surface area contributed by atoms with E-state index < -0.39 is 17.8 Å². The van der Waals surface area contributed by atoms with Gasteiger partial charge < -0.3 is 9.32 Å². The quantitative estimate of drug-likeness (QED) is 0.427. The van der Waals surface area contributed by atoms with Crippen molar-refractivity contribution in [3.63, 3.8) is 0 Å². The highest BCUT2D eigenvalue weighted by Gasteiger charge is 2.43. The molecule has 0 fully saturated rings. The highest BCUT2D eigenvalue weighted by atomic mass is 19.1. The van der Waals surface area contributed by atoms with Gasteiger partial charge in [-0.05, 0) is 55.7 Å². The van der Waals surface area contributed by atoms with Crippen molar-refractivity contribution in [2.45, 2.75) is 33.4 Å². The molecule has 0 saturated carbocycles. The van der Waals surface area contributed by atoms with Gasteiger partial charge in [-0.25, -0.2) is 4.39 Å². The third-order valence-electron chi connectivity index (χ3n) is 6.26. The van der Waals surface area contributed by atoms with Crippen molar-refractivity contribution in [1.82, 2.24) is 4.90 Å². The smallest absolute Gasteiger partial charge is 0.291 e. The lowest BCUT2D eigenvalue weighted by Crippen LogP contribution is -2.29. The molecule has 32 heavy (non-hydrogen) atoms. The predicted octanol–water partition coefficient (Wildman–Crippen LogP) is 5.60. The van der Waals surface area contributed by atoms with Crippen LogP contribution >= 0.6 is 0 Å². The number of benzene rings is 3. The molecule has 0 unspecified atom stereocenters. The normalized spacial score (nSPS) is 15.4. The molecular formula is C27H22FNO3. The Labute approximate surface area is 184 Å². The summed E-state index contributed by atoms with van der Waals surface area (Å²) < 4.78 is 20.9. The van der Waals surface area contributed by atoms with E-state index in [0.29, 0.717) is 11.0 Å². The second kappa shape index (κ2) is 7.45. The van der Waals surface area contributed by atoms with Crippen molar-refractivity contribution >= 4 is 16.9 Å². The van der Waals surface area contributed by atoms with Gasteiger partial charge in [-0.2, -0.15) is 0 Å². The van der Waals surface area contributed by atoms with Crippen molar-refractivity contribution in [2.75, 3.05) is 0 Å². The van der Waals surface area contributed by atoms with Gasteiger partial charge in [0.05, 0.1) is 17.0 Å². The number of carbonyl (C=O) groups is 1. The number of halogens is 1. The minimum absolute atomic E-state index is 0.00822. The Hall–Kier alpha value is -3.73. The van der Waals surface area contributed by atoms with Crippen LogP contribution in [0.1, 0.15) is 50.0 Å². The van der Waals surface area contributed by atoms with Gasteiger partial charge in [0.25, 0.3) is 5.91 Å². The topological polar surface area (TPSA) is 50.5 Å². The number of fused-ring (bicyclic) bond motifs is 2. The predicted molar refractivity (Wildman–Crippen MR) is 121 cm³/mol. The summed E-state index contributed by atoms with van der Waals surface area (Å²) in [6, 6.07) is 16.8. The standard InChI is InChI=1S/C27H22FNO3/c1-15-8-10-18(11-9-15)14-29-24(19-6-4-5-7-21(19)28)23-25(30)20-12-16(2)17(3)13-22(20)32-26(23)27(29)31/h4-13,24H,14H2,1-3H3/t24-/m1/s1. The zero-order valence-corrected chi connectivity index (χ0v) is 18.1. The van der Waals surface area contributed by atoms with Gasteiger partial charge in [-0.1, -0.05) is 48.0 Å². The van der Waals surface area contributed by atoms with Crippen LogP contribution in [0, 0.1) is 26.6 Å². The van der Waals surface area contributed by atoms with Crippen LogP contribution in [0.2, 0.25) is 0 Å². The highest BCUT2D eigenvalue weighted by molar-refractivity contribution is 5.99. The molecule has 1 aliphatic heterocycles. The average molecular weight is 427 g/mol. The molecule has 1 atom stereocenters. The van der Waals surface area contributed by atoms with E-state index in [1.165, 1.54) is 11.0 Å². The molecule has 4 aromatic rings. The molecule has 4 nitrogen and oxygen atoms in total. The van der Waals surface area contributed by atoms with Gasteiger partial charge in [0.2, 0.25) is 5.76 Å². The van der Waals surface area contributed by atoms with Crippen LogP contribution < -0.4 is 5.43 Å². The Morgan fingerprint density at radius 3 is 2.34 bits per heavy atom. The highest BCUT2D eigenvalue weighted by Crippen LogP contribution is 2.40. The molecule has 2 heterocycles. The van der Waals surface area contributed by atoms with E-state index in [9.17, 15) is 14.0 Å². The molecule has 160 valence electrons. The summed E-state index contributed by atoms with van der Waals surface area (Å²) in [7, 11) is 0. The first-order valence-corrected chi connectivity index (χ1v) is 10.5. The van der Waals surface area contributed by atoms with Crippen LogP contribution in [-0.2, 0) is 6.54 Å². The Kier molecular flexibility index (Phi) is 4.70. The summed E-state index contributed by atoms with van der Waals surface area (Å²) in [5, 5.41) is 0.401. The minimum atomic E-state index is -0.859. The first kappa shape index (κ1) is 20.2. The van der Waals surface area contributed by atoms with Crippen LogP contribution in [0.3, 0.4) is 0 Å². The van der Waals surface area contributed by atoms with E-state index in [1.54, 1.807) is 30.3 Å². The molecule has 3 aromatic carbocycles. The van der Waals surface area contributed by atoms with Crippen molar-refractivity contribution in [1.29, 1.82) is 0 Å². The van der Waals surface area contributed by atoms with Gasteiger partial charge in [0.1, 0.15) is 11.4 Å². The maximum absolute atomic E-state index is 14.9. The Morgan fingerprint density at radius 1 is 0.938 bits per heavy atom. The second-order valence-corrected chi connectivity index (χ2v) is 8.45. The third-order valence-corrected chi connectivity index (χ3v) is 6.26. The molecule has 1 aliphatic rings. The van der Waals surface area contributed by atoms with Crippen LogP contribution in [0.25, 0.3) is 11.0 Å². The summed E-state index contributed by atoms with van der Waals surface area (Å²) in [6.45, 7) is 6.07. The maximum Gasteiger partial charge on any atom is 0.291 e. The number of rotatable bonds is 3. The monoisotopic (exact) mass is 427 g/mol. The number of carbonyl (C=O) groups excluding carboxylic acids is 1. The second-order valence-electron chi connectivity index (χ2n) is 8.45. The fourth-order valence-corrected chi connectivity index (χ4v) is 4.35. The van der Waals surface area contributed by atoms with Gasteiger partial charge in [0.15, 0.2) is 5.43 Å². The van der Waals surface area contributed by atoms with E-state index >= 15 is 0 Å². The van der Waals surface area contributed by atoms with Crippen molar-refractivity contribution in [2.24, 2.45) is 0 Å². The van der Waals surface area contributed by atoms with E-state index in [0.717, 1.165) is 22.3 Å². The lowest BCUT2D eigenvalue weighted by molar-refractivity contribution is 0.0712. The lowest BCUT2D eigenvalue weighted by atomic mass is 9.97. The minimum Gasteiger partial charge on any atom is -0.450 e. The van der Waals surface area contributed by atoms with Crippen LogP contribution in [-0.4, -0.2) is 10.8 Å². The largest absolute Gasteiger partial charge is 0.450 e. The number of aryl methyl sites for hydroxylation is 3. The zero-order chi connectivity index (χ0) is 22.6. The summed E-state index contributed by atoms with van der Waals surface area (Å²) in [5.41, 5.74) is 4.46. The number of hydrogen-bond donors (Lipinski definition) is 0. The Bertz CT molecular complexity index is 1440. The molecule has 1 aromatic heterocycles. The van der Waals surface area contributed by atoms with E-state index in [4.69, 9.17) is 4.42 Å². The molecule has 0 bridgehead atoms. The van der Waals surface area contributed by atoms with Crippen LogP contribution in [0.5, 0.6) is 0 Å². The maximum atomic E-state index is 14.9. The summed E-state index contributed by atoms with van der Waals surface area (Å²) in [4.78, 5) is 28.6. The zero-order valence-electron chi connectivity index (χ0n) is 18.1.